The van der Waals surface area contributed by atoms with E-state index in [0.717, 1.165) is 17.7 Å². The molecule has 1 rings (SSSR count). The van der Waals surface area contributed by atoms with Crippen molar-refractivity contribution in [2.45, 2.75) is 39.5 Å². The standard InChI is InChI=1S/C15H23NO/c1-6-15(4,5)12-7-8-14(13(16)9-12)17-10-11(2)3/h7-9H,2,6,10,16H2,1,3-5H3. The number of hydrogen-bond acceptors (Lipinski definition) is 2. The van der Waals surface area contributed by atoms with Crippen molar-refractivity contribution < 1.29 is 4.74 Å². The number of rotatable bonds is 5. The van der Waals surface area contributed by atoms with Crippen LogP contribution in [0.2, 0.25) is 0 Å². The largest absolute Gasteiger partial charge is 0.487 e. The van der Waals surface area contributed by atoms with Crippen LogP contribution in [0.15, 0.2) is 30.4 Å². The molecule has 0 radical (unpaired) electrons. The van der Waals surface area contributed by atoms with Gasteiger partial charge < -0.3 is 10.5 Å². The first-order valence-electron chi connectivity index (χ1n) is 6.04. The zero-order valence-electron chi connectivity index (χ0n) is 11.3. The van der Waals surface area contributed by atoms with Gasteiger partial charge in [-0.25, -0.2) is 0 Å². The quantitative estimate of drug-likeness (QED) is 0.618. The highest BCUT2D eigenvalue weighted by molar-refractivity contribution is 5.55. The second kappa shape index (κ2) is 5.26. The molecule has 0 saturated heterocycles. The molecule has 0 amide bonds. The van der Waals surface area contributed by atoms with E-state index in [0.29, 0.717) is 12.3 Å². The number of nitrogen functional groups attached to an aromatic ring is 1. The van der Waals surface area contributed by atoms with Crippen LogP contribution in [-0.4, -0.2) is 6.61 Å². The fraction of sp³-hybridized carbons (Fsp3) is 0.467. The van der Waals surface area contributed by atoms with Crippen LogP contribution < -0.4 is 10.5 Å². The Morgan fingerprint density at radius 1 is 1.41 bits per heavy atom. The van der Waals surface area contributed by atoms with Crippen molar-refractivity contribution in [1.82, 2.24) is 0 Å². The lowest BCUT2D eigenvalue weighted by Crippen LogP contribution is -2.15. The Morgan fingerprint density at radius 2 is 2.06 bits per heavy atom. The Hall–Kier alpha value is -1.44. The van der Waals surface area contributed by atoms with Gasteiger partial charge in [0.2, 0.25) is 0 Å². The summed E-state index contributed by atoms with van der Waals surface area (Å²) in [5.74, 6) is 0.739. The normalized spacial score (nSPS) is 11.3. The van der Waals surface area contributed by atoms with Crippen molar-refractivity contribution in [3.8, 4) is 5.75 Å². The first kappa shape index (κ1) is 13.6. The average Bonchev–Trinajstić information content (AvgIpc) is 2.27. The van der Waals surface area contributed by atoms with Crippen LogP contribution in [0.3, 0.4) is 0 Å². The summed E-state index contributed by atoms with van der Waals surface area (Å²) < 4.78 is 5.57. The predicted molar refractivity (Wildman–Crippen MR) is 74.5 cm³/mol. The molecule has 0 unspecified atom stereocenters. The molecule has 0 heterocycles. The van der Waals surface area contributed by atoms with Gasteiger partial charge in [0.05, 0.1) is 5.69 Å². The molecule has 94 valence electrons. The molecular formula is C15H23NO. The van der Waals surface area contributed by atoms with Crippen molar-refractivity contribution >= 4 is 5.69 Å². The lowest BCUT2D eigenvalue weighted by Gasteiger charge is -2.24. The van der Waals surface area contributed by atoms with Gasteiger partial charge in [0.25, 0.3) is 0 Å². The molecule has 0 aromatic heterocycles. The molecular weight excluding hydrogens is 210 g/mol. The predicted octanol–water partition coefficient (Wildman–Crippen LogP) is 3.91. The molecule has 0 aliphatic rings. The number of ether oxygens (including phenoxy) is 1. The Balaban J connectivity index is 2.90. The van der Waals surface area contributed by atoms with E-state index in [-0.39, 0.29) is 5.41 Å². The lowest BCUT2D eigenvalue weighted by molar-refractivity contribution is 0.354. The number of benzene rings is 1. The van der Waals surface area contributed by atoms with E-state index < -0.39 is 0 Å². The van der Waals surface area contributed by atoms with Crippen molar-refractivity contribution in [3.05, 3.63) is 35.9 Å². The minimum Gasteiger partial charge on any atom is -0.487 e. The van der Waals surface area contributed by atoms with Gasteiger partial charge in [0, 0.05) is 0 Å². The number of anilines is 1. The summed E-state index contributed by atoms with van der Waals surface area (Å²) >= 11 is 0. The molecule has 2 nitrogen and oxygen atoms in total. The lowest BCUT2D eigenvalue weighted by atomic mass is 9.82. The van der Waals surface area contributed by atoms with Crippen LogP contribution in [0.1, 0.15) is 39.7 Å². The molecule has 0 saturated carbocycles. The molecule has 0 aliphatic heterocycles. The molecule has 1 aromatic carbocycles. The summed E-state index contributed by atoms with van der Waals surface area (Å²) in [4.78, 5) is 0. The van der Waals surface area contributed by atoms with E-state index in [9.17, 15) is 0 Å². The molecule has 17 heavy (non-hydrogen) atoms. The minimum atomic E-state index is 0.154. The third-order valence-electron chi connectivity index (χ3n) is 3.15. The molecule has 2 N–H and O–H groups in total. The van der Waals surface area contributed by atoms with Crippen LogP contribution >= 0.6 is 0 Å². The van der Waals surface area contributed by atoms with Gasteiger partial charge in [-0.1, -0.05) is 33.4 Å². The minimum absolute atomic E-state index is 0.154. The monoisotopic (exact) mass is 233 g/mol. The van der Waals surface area contributed by atoms with Crippen molar-refractivity contribution in [1.29, 1.82) is 0 Å². The van der Waals surface area contributed by atoms with Gasteiger partial charge in [-0.05, 0) is 42.0 Å². The van der Waals surface area contributed by atoms with Crippen molar-refractivity contribution in [2.75, 3.05) is 12.3 Å². The van der Waals surface area contributed by atoms with Crippen molar-refractivity contribution in [3.63, 3.8) is 0 Å². The van der Waals surface area contributed by atoms with Gasteiger partial charge >= 0.3 is 0 Å². The maximum absolute atomic E-state index is 6.00. The van der Waals surface area contributed by atoms with E-state index in [1.807, 2.05) is 19.1 Å². The highest BCUT2D eigenvalue weighted by atomic mass is 16.5. The Kier molecular flexibility index (Phi) is 4.22. The summed E-state index contributed by atoms with van der Waals surface area (Å²) in [6.45, 7) is 12.9. The first-order valence-corrected chi connectivity index (χ1v) is 6.04. The molecule has 0 spiro atoms. The van der Waals surface area contributed by atoms with Gasteiger partial charge in [-0.2, -0.15) is 0 Å². The highest BCUT2D eigenvalue weighted by Crippen LogP contribution is 2.32. The van der Waals surface area contributed by atoms with Crippen LogP contribution in [0, 0.1) is 0 Å². The smallest absolute Gasteiger partial charge is 0.142 e. The summed E-state index contributed by atoms with van der Waals surface area (Å²) in [7, 11) is 0. The van der Waals surface area contributed by atoms with Gasteiger partial charge in [0.15, 0.2) is 0 Å². The summed E-state index contributed by atoms with van der Waals surface area (Å²) in [5.41, 5.74) is 9.10. The summed E-state index contributed by atoms with van der Waals surface area (Å²) in [5, 5.41) is 0. The van der Waals surface area contributed by atoms with Gasteiger partial charge in [0.1, 0.15) is 12.4 Å². The zero-order chi connectivity index (χ0) is 13.1. The SMILES string of the molecule is C=C(C)COc1ccc(C(C)(C)CC)cc1N. The summed E-state index contributed by atoms with van der Waals surface area (Å²) in [6.07, 6.45) is 1.08. The Bertz CT molecular complexity index is 407. The summed E-state index contributed by atoms with van der Waals surface area (Å²) in [6, 6.07) is 6.05. The molecule has 0 fully saturated rings. The van der Waals surface area contributed by atoms with E-state index in [1.165, 1.54) is 5.56 Å². The highest BCUT2D eigenvalue weighted by Gasteiger charge is 2.18. The molecule has 0 aliphatic carbocycles. The van der Waals surface area contributed by atoms with E-state index >= 15 is 0 Å². The van der Waals surface area contributed by atoms with Gasteiger partial charge in [-0.3, -0.25) is 0 Å². The second-order valence-electron chi connectivity index (χ2n) is 5.24. The second-order valence-corrected chi connectivity index (χ2v) is 5.24. The van der Waals surface area contributed by atoms with Gasteiger partial charge in [-0.15, -0.1) is 0 Å². The average molecular weight is 233 g/mol. The third kappa shape index (κ3) is 3.52. The van der Waals surface area contributed by atoms with Crippen LogP contribution in [0.5, 0.6) is 5.75 Å². The maximum atomic E-state index is 6.00. The fourth-order valence-corrected chi connectivity index (χ4v) is 1.51. The van der Waals surface area contributed by atoms with Crippen molar-refractivity contribution in [2.24, 2.45) is 0 Å². The van der Waals surface area contributed by atoms with Crippen LogP contribution in [0.25, 0.3) is 0 Å². The Morgan fingerprint density at radius 3 is 2.53 bits per heavy atom. The van der Waals surface area contributed by atoms with E-state index in [1.54, 1.807) is 0 Å². The maximum Gasteiger partial charge on any atom is 0.142 e. The number of nitrogens with two attached hydrogens (primary N) is 1. The van der Waals surface area contributed by atoms with Crippen LogP contribution in [0.4, 0.5) is 5.69 Å². The topological polar surface area (TPSA) is 35.2 Å². The molecule has 2 heteroatoms. The third-order valence-corrected chi connectivity index (χ3v) is 3.15. The number of hydrogen-bond donors (Lipinski definition) is 1. The zero-order valence-corrected chi connectivity index (χ0v) is 11.3. The van der Waals surface area contributed by atoms with Crippen LogP contribution in [-0.2, 0) is 5.41 Å². The molecule has 0 atom stereocenters. The van der Waals surface area contributed by atoms with E-state index in [4.69, 9.17) is 10.5 Å². The fourth-order valence-electron chi connectivity index (χ4n) is 1.51. The molecule has 0 bridgehead atoms. The first-order chi connectivity index (χ1) is 7.86. The molecule has 1 aromatic rings. The Labute approximate surface area is 104 Å². The van der Waals surface area contributed by atoms with E-state index in [2.05, 4.69) is 33.4 Å².